The molecule has 0 fully saturated rings. The summed E-state index contributed by atoms with van der Waals surface area (Å²) in [5.74, 6) is -0.261. The number of nitriles is 1. The average molecular weight is 214 g/mol. The fourth-order valence-corrected chi connectivity index (χ4v) is 1.16. The van der Waals surface area contributed by atoms with E-state index in [0.29, 0.717) is 13.0 Å². The molecular formula is C9H9ClFN3. The molecule has 0 atom stereocenters. The van der Waals surface area contributed by atoms with Gasteiger partial charge in [0, 0.05) is 19.8 Å². The molecule has 1 rings (SSSR count). The van der Waals surface area contributed by atoms with E-state index in [4.69, 9.17) is 16.9 Å². The minimum atomic E-state index is -0.474. The Morgan fingerprint density at radius 2 is 2.43 bits per heavy atom. The highest BCUT2D eigenvalue weighted by atomic mass is 35.5. The molecule has 0 amide bonds. The van der Waals surface area contributed by atoms with Crippen LogP contribution >= 0.6 is 11.6 Å². The minimum Gasteiger partial charge on any atom is -0.356 e. The summed E-state index contributed by atoms with van der Waals surface area (Å²) in [6.07, 6.45) is 1.71. The van der Waals surface area contributed by atoms with E-state index in [1.165, 1.54) is 12.3 Å². The average Bonchev–Trinajstić information content (AvgIpc) is 2.14. The van der Waals surface area contributed by atoms with E-state index in [1.54, 1.807) is 11.9 Å². The van der Waals surface area contributed by atoms with Gasteiger partial charge in [-0.3, -0.25) is 0 Å². The van der Waals surface area contributed by atoms with Crippen molar-refractivity contribution in [1.29, 1.82) is 5.26 Å². The Hall–Kier alpha value is -1.34. The molecular weight excluding hydrogens is 205 g/mol. The molecule has 0 unspecified atom stereocenters. The third kappa shape index (κ3) is 2.57. The van der Waals surface area contributed by atoms with Crippen LogP contribution in [0.4, 0.5) is 10.2 Å². The molecule has 5 heteroatoms. The van der Waals surface area contributed by atoms with E-state index in [0.717, 1.165) is 0 Å². The molecule has 0 saturated carbocycles. The summed E-state index contributed by atoms with van der Waals surface area (Å²) < 4.78 is 13.3. The lowest BCUT2D eigenvalue weighted by Gasteiger charge is -2.16. The van der Waals surface area contributed by atoms with Gasteiger partial charge in [-0.1, -0.05) is 11.6 Å². The number of hydrogen-bond acceptors (Lipinski definition) is 3. The van der Waals surface area contributed by atoms with E-state index in [2.05, 4.69) is 4.98 Å². The first-order chi connectivity index (χ1) is 6.65. The molecule has 0 aromatic carbocycles. The Balaban J connectivity index is 2.80. The Morgan fingerprint density at radius 1 is 1.71 bits per heavy atom. The summed E-state index contributed by atoms with van der Waals surface area (Å²) in [4.78, 5) is 5.42. The molecule has 0 aliphatic carbocycles. The van der Waals surface area contributed by atoms with Crippen LogP contribution in [0.3, 0.4) is 0 Å². The molecule has 1 aromatic rings. The van der Waals surface area contributed by atoms with Gasteiger partial charge in [0.05, 0.1) is 17.5 Å². The lowest BCUT2D eigenvalue weighted by molar-refractivity contribution is 0.615. The zero-order valence-corrected chi connectivity index (χ0v) is 8.42. The molecule has 3 nitrogen and oxygen atoms in total. The van der Waals surface area contributed by atoms with Crippen LogP contribution in [0.5, 0.6) is 0 Å². The summed E-state index contributed by atoms with van der Waals surface area (Å²) >= 11 is 5.55. The van der Waals surface area contributed by atoms with Crippen molar-refractivity contribution in [3.8, 4) is 6.07 Å². The highest BCUT2D eigenvalue weighted by Crippen LogP contribution is 2.18. The van der Waals surface area contributed by atoms with Gasteiger partial charge in [-0.25, -0.2) is 9.37 Å². The predicted octanol–water partition coefficient (Wildman–Crippen LogP) is 2.22. The van der Waals surface area contributed by atoms with E-state index in [-0.39, 0.29) is 10.8 Å². The van der Waals surface area contributed by atoms with Crippen molar-refractivity contribution in [2.75, 3.05) is 18.5 Å². The second-order valence-corrected chi connectivity index (χ2v) is 3.23. The molecule has 0 bridgehead atoms. The largest absolute Gasteiger partial charge is 0.356 e. The molecule has 0 radical (unpaired) electrons. The normalized spacial score (nSPS) is 9.57. The molecule has 1 heterocycles. The monoisotopic (exact) mass is 213 g/mol. The van der Waals surface area contributed by atoms with E-state index in [9.17, 15) is 4.39 Å². The molecule has 0 saturated heterocycles. The van der Waals surface area contributed by atoms with Crippen LogP contribution in [0.1, 0.15) is 6.42 Å². The van der Waals surface area contributed by atoms with Gasteiger partial charge in [0.1, 0.15) is 0 Å². The molecule has 0 spiro atoms. The standard InChI is InChI=1S/C9H9ClFN3/c1-14(4-2-3-12)9-8(11)5-7(10)6-13-9/h5-6H,2,4H2,1H3. The third-order valence-electron chi connectivity index (χ3n) is 1.71. The van der Waals surface area contributed by atoms with Gasteiger partial charge in [0.25, 0.3) is 0 Å². The number of hydrogen-bond donors (Lipinski definition) is 0. The highest BCUT2D eigenvalue weighted by molar-refractivity contribution is 6.30. The number of rotatable bonds is 3. The minimum absolute atomic E-state index is 0.213. The second-order valence-electron chi connectivity index (χ2n) is 2.79. The summed E-state index contributed by atoms with van der Waals surface area (Å²) in [7, 11) is 1.68. The maximum absolute atomic E-state index is 13.3. The maximum atomic E-state index is 13.3. The van der Waals surface area contributed by atoms with Gasteiger partial charge in [-0.2, -0.15) is 5.26 Å². The van der Waals surface area contributed by atoms with Crippen molar-refractivity contribution in [3.63, 3.8) is 0 Å². The van der Waals surface area contributed by atoms with Crippen molar-refractivity contribution in [2.45, 2.75) is 6.42 Å². The molecule has 14 heavy (non-hydrogen) atoms. The molecule has 0 aliphatic heterocycles. The molecule has 0 N–H and O–H groups in total. The first kappa shape index (κ1) is 10.7. The number of aromatic nitrogens is 1. The summed E-state index contributed by atoms with van der Waals surface area (Å²) in [6.45, 7) is 0.446. The van der Waals surface area contributed by atoms with Gasteiger partial charge in [0.15, 0.2) is 11.6 Å². The van der Waals surface area contributed by atoms with Crippen LogP contribution in [0.2, 0.25) is 5.02 Å². The first-order valence-corrected chi connectivity index (χ1v) is 4.42. The Morgan fingerprint density at radius 3 is 3.00 bits per heavy atom. The van der Waals surface area contributed by atoms with Gasteiger partial charge < -0.3 is 4.90 Å². The van der Waals surface area contributed by atoms with Crippen LogP contribution in [0.25, 0.3) is 0 Å². The molecule has 0 aliphatic rings. The van der Waals surface area contributed by atoms with Crippen LogP contribution in [0.15, 0.2) is 12.3 Å². The summed E-state index contributed by atoms with van der Waals surface area (Å²) in [5, 5.41) is 8.63. The number of anilines is 1. The topological polar surface area (TPSA) is 39.9 Å². The van der Waals surface area contributed by atoms with Crippen molar-refractivity contribution >= 4 is 17.4 Å². The lowest BCUT2D eigenvalue weighted by atomic mass is 10.4. The number of halogens is 2. The fraction of sp³-hybridized carbons (Fsp3) is 0.333. The van der Waals surface area contributed by atoms with E-state index >= 15 is 0 Å². The number of nitrogens with zero attached hydrogens (tertiary/aromatic N) is 3. The van der Waals surface area contributed by atoms with Gasteiger partial charge >= 0.3 is 0 Å². The van der Waals surface area contributed by atoms with E-state index < -0.39 is 5.82 Å². The first-order valence-electron chi connectivity index (χ1n) is 4.04. The predicted molar refractivity (Wildman–Crippen MR) is 52.7 cm³/mol. The van der Waals surface area contributed by atoms with Crippen molar-refractivity contribution < 1.29 is 4.39 Å². The maximum Gasteiger partial charge on any atom is 0.167 e. The third-order valence-corrected chi connectivity index (χ3v) is 1.92. The van der Waals surface area contributed by atoms with E-state index in [1.807, 2.05) is 6.07 Å². The van der Waals surface area contributed by atoms with Crippen LogP contribution < -0.4 is 4.90 Å². The summed E-state index contributed by atoms with van der Waals surface area (Å²) in [5.41, 5.74) is 0. The van der Waals surface area contributed by atoms with Crippen LogP contribution in [-0.2, 0) is 0 Å². The molecule has 1 aromatic heterocycles. The van der Waals surface area contributed by atoms with Gasteiger partial charge in [-0.15, -0.1) is 0 Å². The Kier molecular flexibility index (Phi) is 3.66. The highest BCUT2D eigenvalue weighted by Gasteiger charge is 2.08. The number of pyridine rings is 1. The lowest BCUT2D eigenvalue weighted by Crippen LogP contribution is -2.20. The van der Waals surface area contributed by atoms with Crippen molar-refractivity contribution in [3.05, 3.63) is 23.1 Å². The smallest absolute Gasteiger partial charge is 0.167 e. The SMILES string of the molecule is CN(CCC#N)c1ncc(Cl)cc1F. The van der Waals surface area contributed by atoms with Crippen molar-refractivity contribution in [1.82, 2.24) is 4.98 Å². The Bertz CT molecular complexity index is 362. The molecule has 74 valence electrons. The quantitative estimate of drug-likeness (QED) is 0.773. The second kappa shape index (κ2) is 4.77. The van der Waals surface area contributed by atoms with Gasteiger partial charge in [0.2, 0.25) is 0 Å². The fourth-order valence-electron chi connectivity index (χ4n) is 1.01. The summed E-state index contributed by atoms with van der Waals surface area (Å²) in [6, 6.07) is 3.18. The van der Waals surface area contributed by atoms with Crippen molar-refractivity contribution in [2.24, 2.45) is 0 Å². The van der Waals surface area contributed by atoms with Gasteiger partial charge in [-0.05, 0) is 6.07 Å². The zero-order chi connectivity index (χ0) is 10.6. The Labute approximate surface area is 86.7 Å². The zero-order valence-electron chi connectivity index (χ0n) is 7.67. The van der Waals surface area contributed by atoms with Crippen LogP contribution in [0, 0.1) is 17.1 Å². The van der Waals surface area contributed by atoms with Crippen LogP contribution in [-0.4, -0.2) is 18.6 Å².